The average molecular weight is 284 g/mol. The molecular formula is C16H32N2O2. The van der Waals surface area contributed by atoms with Gasteiger partial charge in [0, 0.05) is 31.3 Å². The molecule has 0 spiro atoms. The fourth-order valence-corrected chi connectivity index (χ4v) is 1.96. The van der Waals surface area contributed by atoms with Crippen LogP contribution >= 0.6 is 0 Å². The first-order valence-corrected chi connectivity index (χ1v) is 7.96. The highest BCUT2D eigenvalue weighted by Crippen LogP contribution is 2.06. The molecule has 0 atom stereocenters. The highest BCUT2D eigenvalue weighted by atomic mass is 16.2. The molecule has 1 amide bonds. The monoisotopic (exact) mass is 284 g/mol. The van der Waals surface area contributed by atoms with Gasteiger partial charge in [0.05, 0.1) is 0 Å². The minimum absolute atomic E-state index is 0.0203. The molecule has 0 aromatic carbocycles. The maximum Gasteiger partial charge on any atom is 0.220 e. The SMILES string of the molecule is CC(C)NCCCCCCC(=O)CCC(=O)NC(C)C. The fraction of sp³-hybridized carbons (Fsp3) is 0.875. The van der Waals surface area contributed by atoms with E-state index < -0.39 is 0 Å². The van der Waals surface area contributed by atoms with Crippen molar-refractivity contribution in [3.8, 4) is 0 Å². The Morgan fingerprint density at radius 2 is 1.45 bits per heavy atom. The van der Waals surface area contributed by atoms with E-state index in [0.717, 1.165) is 19.4 Å². The van der Waals surface area contributed by atoms with Crippen LogP contribution in [0.3, 0.4) is 0 Å². The predicted octanol–water partition coefficient (Wildman–Crippen LogP) is 2.81. The summed E-state index contributed by atoms with van der Waals surface area (Å²) in [7, 11) is 0. The average Bonchev–Trinajstić information content (AvgIpc) is 2.34. The zero-order chi connectivity index (χ0) is 15.4. The van der Waals surface area contributed by atoms with Crippen LogP contribution < -0.4 is 10.6 Å². The van der Waals surface area contributed by atoms with E-state index in [1.165, 1.54) is 12.8 Å². The summed E-state index contributed by atoms with van der Waals surface area (Å²) in [6, 6.07) is 0.700. The van der Waals surface area contributed by atoms with Crippen LogP contribution in [0.2, 0.25) is 0 Å². The Hall–Kier alpha value is -0.900. The van der Waals surface area contributed by atoms with Crippen LogP contribution in [0, 0.1) is 0 Å². The standard InChI is InChI=1S/C16H32N2O2/c1-13(2)17-12-8-6-5-7-9-15(19)10-11-16(20)18-14(3)4/h13-14,17H,5-12H2,1-4H3,(H,18,20). The van der Waals surface area contributed by atoms with E-state index in [1.54, 1.807) is 0 Å². The van der Waals surface area contributed by atoms with Crippen LogP contribution in [0.1, 0.15) is 72.6 Å². The Labute approximate surface area is 124 Å². The third-order valence-electron chi connectivity index (χ3n) is 3.02. The predicted molar refractivity (Wildman–Crippen MR) is 83.7 cm³/mol. The molecule has 20 heavy (non-hydrogen) atoms. The Bertz CT molecular complexity index is 276. The lowest BCUT2D eigenvalue weighted by molar-refractivity contribution is -0.125. The van der Waals surface area contributed by atoms with Crippen LogP contribution in [-0.4, -0.2) is 30.3 Å². The molecule has 4 heteroatoms. The number of carbonyl (C=O) groups is 2. The van der Waals surface area contributed by atoms with E-state index in [9.17, 15) is 9.59 Å². The molecule has 0 aromatic rings. The molecular weight excluding hydrogens is 252 g/mol. The van der Waals surface area contributed by atoms with Crippen LogP contribution in [-0.2, 0) is 9.59 Å². The summed E-state index contributed by atoms with van der Waals surface area (Å²) in [4.78, 5) is 23.0. The lowest BCUT2D eigenvalue weighted by atomic mass is 10.1. The maximum atomic E-state index is 11.6. The van der Waals surface area contributed by atoms with Gasteiger partial charge in [-0.25, -0.2) is 0 Å². The van der Waals surface area contributed by atoms with Crippen molar-refractivity contribution in [2.75, 3.05) is 6.54 Å². The molecule has 0 saturated carbocycles. The van der Waals surface area contributed by atoms with Crippen molar-refractivity contribution in [2.45, 2.75) is 84.7 Å². The van der Waals surface area contributed by atoms with Crippen molar-refractivity contribution in [2.24, 2.45) is 0 Å². The van der Waals surface area contributed by atoms with Gasteiger partial charge >= 0.3 is 0 Å². The fourth-order valence-electron chi connectivity index (χ4n) is 1.96. The first-order chi connectivity index (χ1) is 9.41. The summed E-state index contributed by atoms with van der Waals surface area (Å²) in [6.45, 7) is 9.20. The molecule has 0 aromatic heterocycles. The Morgan fingerprint density at radius 1 is 0.800 bits per heavy atom. The third-order valence-corrected chi connectivity index (χ3v) is 3.02. The van der Waals surface area contributed by atoms with Crippen molar-refractivity contribution in [3.05, 3.63) is 0 Å². The Balaban J connectivity index is 3.39. The van der Waals surface area contributed by atoms with Crippen molar-refractivity contribution >= 4 is 11.7 Å². The highest BCUT2D eigenvalue weighted by molar-refractivity contribution is 5.84. The van der Waals surface area contributed by atoms with Crippen molar-refractivity contribution in [1.29, 1.82) is 0 Å². The zero-order valence-electron chi connectivity index (χ0n) is 13.6. The van der Waals surface area contributed by atoms with Gasteiger partial charge in [0.15, 0.2) is 0 Å². The van der Waals surface area contributed by atoms with E-state index in [1.807, 2.05) is 13.8 Å². The number of hydrogen-bond acceptors (Lipinski definition) is 3. The van der Waals surface area contributed by atoms with Gasteiger partial charge in [-0.2, -0.15) is 0 Å². The molecule has 0 fully saturated rings. The van der Waals surface area contributed by atoms with Gasteiger partial charge in [-0.05, 0) is 33.2 Å². The number of carbonyl (C=O) groups excluding carboxylic acids is 2. The number of Topliss-reactive ketones (excluding diaryl/α,β-unsaturated/α-hetero) is 1. The van der Waals surface area contributed by atoms with Crippen LogP contribution in [0.15, 0.2) is 0 Å². The third kappa shape index (κ3) is 13.5. The second kappa shape index (κ2) is 11.9. The van der Waals surface area contributed by atoms with E-state index in [4.69, 9.17) is 0 Å². The first-order valence-electron chi connectivity index (χ1n) is 7.96. The number of amides is 1. The van der Waals surface area contributed by atoms with Gasteiger partial charge in [0.1, 0.15) is 5.78 Å². The number of ketones is 1. The van der Waals surface area contributed by atoms with E-state index in [-0.39, 0.29) is 17.7 Å². The smallest absolute Gasteiger partial charge is 0.220 e. The van der Waals surface area contributed by atoms with Crippen LogP contribution in [0.25, 0.3) is 0 Å². The van der Waals surface area contributed by atoms with Crippen LogP contribution in [0.5, 0.6) is 0 Å². The summed E-state index contributed by atoms with van der Waals surface area (Å²) < 4.78 is 0. The quantitative estimate of drug-likeness (QED) is 0.542. The van der Waals surface area contributed by atoms with Gasteiger partial charge in [-0.3, -0.25) is 9.59 Å². The van der Waals surface area contributed by atoms with E-state index in [0.29, 0.717) is 25.3 Å². The number of unbranched alkanes of at least 4 members (excludes halogenated alkanes) is 3. The maximum absolute atomic E-state index is 11.6. The van der Waals surface area contributed by atoms with E-state index >= 15 is 0 Å². The zero-order valence-corrected chi connectivity index (χ0v) is 13.6. The lowest BCUT2D eigenvalue weighted by Crippen LogP contribution is -2.30. The molecule has 0 heterocycles. The van der Waals surface area contributed by atoms with Gasteiger partial charge in [-0.15, -0.1) is 0 Å². The Kier molecular flexibility index (Phi) is 11.4. The second-order valence-corrected chi connectivity index (χ2v) is 6.03. The molecule has 0 rings (SSSR count). The van der Waals surface area contributed by atoms with Crippen molar-refractivity contribution in [1.82, 2.24) is 10.6 Å². The van der Waals surface area contributed by atoms with Crippen molar-refractivity contribution in [3.63, 3.8) is 0 Å². The minimum atomic E-state index is -0.0203. The number of nitrogens with one attached hydrogen (secondary N) is 2. The molecule has 0 saturated heterocycles. The summed E-state index contributed by atoms with van der Waals surface area (Å²) in [5.74, 6) is 0.192. The second-order valence-electron chi connectivity index (χ2n) is 6.03. The number of rotatable bonds is 12. The van der Waals surface area contributed by atoms with Crippen LogP contribution in [0.4, 0.5) is 0 Å². The minimum Gasteiger partial charge on any atom is -0.354 e. The van der Waals surface area contributed by atoms with Gasteiger partial charge < -0.3 is 10.6 Å². The molecule has 2 N–H and O–H groups in total. The van der Waals surface area contributed by atoms with E-state index in [2.05, 4.69) is 24.5 Å². The molecule has 0 aliphatic carbocycles. The largest absolute Gasteiger partial charge is 0.354 e. The molecule has 0 unspecified atom stereocenters. The molecule has 0 radical (unpaired) electrons. The summed E-state index contributed by atoms with van der Waals surface area (Å²) in [6.07, 6.45) is 5.72. The Morgan fingerprint density at radius 3 is 2.05 bits per heavy atom. The molecule has 0 aliphatic rings. The molecule has 4 nitrogen and oxygen atoms in total. The normalized spacial score (nSPS) is 11.1. The summed E-state index contributed by atoms with van der Waals surface area (Å²) >= 11 is 0. The molecule has 0 bridgehead atoms. The topological polar surface area (TPSA) is 58.2 Å². The van der Waals surface area contributed by atoms with Crippen molar-refractivity contribution < 1.29 is 9.59 Å². The van der Waals surface area contributed by atoms with Gasteiger partial charge in [-0.1, -0.05) is 26.7 Å². The summed E-state index contributed by atoms with van der Waals surface area (Å²) in [5.41, 5.74) is 0. The highest BCUT2D eigenvalue weighted by Gasteiger charge is 2.07. The lowest BCUT2D eigenvalue weighted by Gasteiger charge is -2.08. The summed E-state index contributed by atoms with van der Waals surface area (Å²) in [5, 5.41) is 6.18. The first kappa shape index (κ1) is 19.1. The number of hydrogen-bond donors (Lipinski definition) is 2. The molecule has 0 aliphatic heterocycles. The van der Waals surface area contributed by atoms with Gasteiger partial charge in [0.25, 0.3) is 0 Å². The molecule has 118 valence electrons. The van der Waals surface area contributed by atoms with Gasteiger partial charge in [0.2, 0.25) is 5.91 Å².